The maximum atomic E-state index is 12.3. The smallest absolute Gasteiger partial charge is 0.254 e. The van der Waals surface area contributed by atoms with E-state index in [2.05, 4.69) is 9.62 Å². The first-order valence-electron chi connectivity index (χ1n) is 9.70. The van der Waals surface area contributed by atoms with Crippen LogP contribution in [0.15, 0.2) is 16.8 Å². The van der Waals surface area contributed by atoms with E-state index in [0.717, 1.165) is 4.90 Å². The average molecular weight is 443 g/mol. The number of hydrogen-bond donors (Lipinski definition) is 1. The summed E-state index contributed by atoms with van der Waals surface area (Å²) in [6.45, 7) is 3.30. The van der Waals surface area contributed by atoms with E-state index >= 15 is 0 Å². The zero-order valence-corrected chi connectivity index (χ0v) is 17.8. The number of amides is 3. The lowest BCUT2D eigenvalue weighted by Crippen LogP contribution is -2.50. The molecule has 0 aromatic carbocycles. The summed E-state index contributed by atoms with van der Waals surface area (Å²) < 4.78 is 26.9. The predicted molar refractivity (Wildman–Crippen MR) is 109 cm³/mol. The van der Waals surface area contributed by atoms with E-state index in [-0.39, 0.29) is 36.6 Å². The van der Waals surface area contributed by atoms with Crippen LogP contribution in [-0.2, 0) is 19.6 Å². The summed E-state index contributed by atoms with van der Waals surface area (Å²) in [6.07, 6.45) is 1.12. The van der Waals surface area contributed by atoms with Gasteiger partial charge in [-0.1, -0.05) is 0 Å². The molecule has 0 aliphatic carbocycles. The molecule has 3 heterocycles. The van der Waals surface area contributed by atoms with Gasteiger partial charge in [0, 0.05) is 64.0 Å². The number of carbonyl (C=O) groups is 3. The third-order valence-electron chi connectivity index (χ3n) is 5.14. The molecule has 2 aliphatic rings. The van der Waals surface area contributed by atoms with Crippen molar-refractivity contribution in [3.05, 3.63) is 22.4 Å². The maximum Gasteiger partial charge on any atom is 0.254 e. The molecular formula is C18H26N4O5S2. The van der Waals surface area contributed by atoms with Gasteiger partial charge in [0.25, 0.3) is 5.91 Å². The van der Waals surface area contributed by atoms with Gasteiger partial charge in [-0.05, 0) is 17.9 Å². The standard InChI is InChI=1S/C18H26N4O5S2/c23-16-2-1-3-17(24)22(16)11-13-29(26,27)19-5-6-20-7-9-21(10-8-20)18(25)15-4-12-28-14-15/h4,12,14,19H,1-3,5-11,13H2. The molecule has 2 aliphatic heterocycles. The van der Waals surface area contributed by atoms with Crippen LogP contribution in [0.3, 0.4) is 0 Å². The Balaban J connectivity index is 1.36. The maximum absolute atomic E-state index is 12.3. The van der Waals surface area contributed by atoms with Crippen molar-refractivity contribution in [1.29, 1.82) is 0 Å². The number of nitrogens with one attached hydrogen (secondary N) is 1. The molecule has 0 spiro atoms. The molecule has 2 fully saturated rings. The number of rotatable bonds is 8. The lowest BCUT2D eigenvalue weighted by Gasteiger charge is -2.34. The van der Waals surface area contributed by atoms with Gasteiger partial charge >= 0.3 is 0 Å². The monoisotopic (exact) mass is 442 g/mol. The molecule has 0 unspecified atom stereocenters. The Morgan fingerprint density at radius 1 is 1.07 bits per heavy atom. The van der Waals surface area contributed by atoms with Gasteiger partial charge in [0.15, 0.2) is 0 Å². The van der Waals surface area contributed by atoms with Crippen molar-refractivity contribution in [2.75, 3.05) is 51.6 Å². The molecule has 1 aromatic heterocycles. The van der Waals surface area contributed by atoms with Gasteiger partial charge in [0.1, 0.15) is 0 Å². The second-order valence-corrected chi connectivity index (χ2v) is 9.86. The van der Waals surface area contributed by atoms with Crippen LogP contribution >= 0.6 is 11.3 Å². The fraction of sp³-hybridized carbons (Fsp3) is 0.611. The molecule has 160 valence electrons. The lowest BCUT2D eigenvalue weighted by atomic mass is 10.1. The molecule has 2 saturated heterocycles. The summed E-state index contributed by atoms with van der Waals surface area (Å²) in [5.41, 5.74) is 0.710. The lowest BCUT2D eigenvalue weighted by molar-refractivity contribution is -0.147. The second kappa shape index (κ2) is 9.79. The number of thiophene rings is 1. The van der Waals surface area contributed by atoms with Crippen LogP contribution in [0, 0.1) is 0 Å². The summed E-state index contributed by atoms with van der Waals surface area (Å²) in [6, 6.07) is 1.82. The fourth-order valence-corrected chi connectivity index (χ4v) is 5.03. The average Bonchev–Trinajstić information content (AvgIpc) is 3.22. The zero-order chi connectivity index (χ0) is 20.9. The highest BCUT2D eigenvalue weighted by Gasteiger charge is 2.27. The van der Waals surface area contributed by atoms with Crippen LogP contribution in [0.4, 0.5) is 0 Å². The summed E-state index contributed by atoms with van der Waals surface area (Å²) in [5, 5.41) is 3.72. The van der Waals surface area contributed by atoms with E-state index in [9.17, 15) is 22.8 Å². The van der Waals surface area contributed by atoms with E-state index in [4.69, 9.17) is 0 Å². The highest BCUT2D eigenvalue weighted by molar-refractivity contribution is 7.89. The number of likely N-dealkylation sites (tertiary alicyclic amines) is 1. The van der Waals surface area contributed by atoms with Crippen molar-refractivity contribution in [3.8, 4) is 0 Å². The topological polar surface area (TPSA) is 107 Å². The zero-order valence-electron chi connectivity index (χ0n) is 16.2. The molecule has 3 rings (SSSR count). The van der Waals surface area contributed by atoms with Crippen LogP contribution in [0.5, 0.6) is 0 Å². The molecule has 1 aromatic rings. The number of hydrogen-bond acceptors (Lipinski definition) is 7. The Kier molecular flexibility index (Phi) is 7.38. The van der Waals surface area contributed by atoms with Gasteiger partial charge in [-0.15, -0.1) is 0 Å². The van der Waals surface area contributed by atoms with Gasteiger partial charge in [0.05, 0.1) is 11.3 Å². The predicted octanol–water partition coefficient (Wildman–Crippen LogP) is -0.0356. The minimum atomic E-state index is -3.57. The molecule has 29 heavy (non-hydrogen) atoms. The second-order valence-electron chi connectivity index (χ2n) is 7.15. The van der Waals surface area contributed by atoms with Crippen molar-refractivity contribution in [3.63, 3.8) is 0 Å². The van der Waals surface area contributed by atoms with E-state index < -0.39 is 10.0 Å². The quantitative estimate of drug-likeness (QED) is 0.567. The normalized spacial score (nSPS) is 19.0. The van der Waals surface area contributed by atoms with E-state index in [0.29, 0.717) is 57.5 Å². The third kappa shape index (κ3) is 6.08. The summed E-state index contributed by atoms with van der Waals surface area (Å²) in [4.78, 5) is 40.8. The van der Waals surface area contributed by atoms with Crippen molar-refractivity contribution in [2.24, 2.45) is 0 Å². The highest BCUT2D eigenvalue weighted by atomic mass is 32.2. The van der Waals surface area contributed by atoms with Crippen molar-refractivity contribution in [1.82, 2.24) is 19.4 Å². The number of piperidine rings is 1. The molecule has 1 N–H and O–H groups in total. The SMILES string of the molecule is O=C(c1ccsc1)N1CCN(CCNS(=O)(=O)CCN2C(=O)CCCC2=O)CC1. The van der Waals surface area contributed by atoms with Gasteiger partial charge in [-0.2, -0.15) is 11.3 Å². The van der Waals surface area contributed by atoms with E-state index in [1.807, 2.05) is 21.7 Å². The van der Waals surface area contributed by atoms with E-state index in [1.165, 1.54) is 11.3 Å². The van der Waals surface area contributed by atoms with Gasteiger partial charge in [-0.3, -0.25) is 24.2 Å². The Bertz CT molecular complexity index is 816. The first kappa shape index (κ1) is 21.9. The van der Waals surface area contributed by atoms with E-state index in [1.54, 1.807) is 0 Å². The molecular weight excluding hydrogens is 416 g/mol. The van der Waals surface area contributed by atoms with Crippen LogP contribution in [0.2, 0.25) is 0 Å². The minimum absolute atomic E-state index is 0.0356. The van der Waals surface area contributed by atoms with Crippen molar-refractivity contribution < 1.29 is 22.8 Å². The van der Waals surface area contributed by atoms with Crippen LogP contribution in [0.1, 0.15) is 29.6 Å². The number of nitrogens with zero attached hydrogens (tertiary/aromatic N) is 3. The van der Waals surface area contributed by atoms with Crippen LogP contribution < -0.4 is 4.72 Å². The third-order valence-corrected chi connectivity index (χ3v) is 7.19. The highest BCUT2D eigenvalue weighted by Crippen LogP contribution is 2.13. The Hall–Kier alpha value is -1.82. The van der Waals surface area contributed by atoms with Gasteiger partial charge < -0.3 is 4.90 Å². The molecule has 0 saturated carbocycles. The first-order valence-corrected chi connectivity index (χ1v) is 12.3. The molecule has 0 bridgehead atoms. The Morgan fingerprint density at radius 3 is 2.38 bits per heavy atom. The number of imide groups is 1. The number of piperazine rings is 1. The van der Waals surface area contributed by atoms with Crippen molar-refractivity contribution >= 4 is 39.1 Å². The Labute approximate surface area is 174 Å². The summed E-state index contributed by atoms with van der Waals surface area (Å²) >= 11 is 1.50. The molecule has 0 radical (unpaired) electrons. The van der Waals surface area contributed by atoms with Gasteiger partial charge in [0.2, 0.25) is 21.8 Å². The van der Waals surface area contributed by atoms with Crippen LogP contribution in [-0.4, -0.2) is 92.4 Å². The Morgan fingerprint density at radius 2 is 1.76 bits per heavy atom. The largest absolute Gasteiger partial charge is 0.336 e. The summed E-state index contributed by atoms with van der Waals surface area (Å²) in [5.74, 6) is -0.848. The molecule has 0 atom stereocenters. The fourth-order valence-electron chi connectivity index (χ4n) is 3.44. The summed E-state index contributed by atoms with van der Waals surface area (Å²) in [7, 11) is -3.57. The van der Waals surface area contributed by atoms with Gasteiger partial charge in [-0.25, -0.2) is 13.1 Å². The van der Waals surface area contributed by atoms with Crippen LogP contribution in [0.25, 0.3) is 0 Å². The molecule has 11 heteroatoms. The first-order chi connectivity index (χ1) is 13.9. The minimum Gasteiger partial charge on any atom is -0.336 e. The molecule has 3 amide bonds. The number of carbonyl (C=O) groups excluding carboxylic acids is 3. The van der Waals surface area contributed by atoms with Crippen molar-refractivity contribution in [2.45, 2.75) is 19.3 Å². The molecule has 9 nitrogen and oxygen atoms in total. The number of sulfonamides is 1.